The molecule has 0 saturated carbocycles. The van der Waals surface area contributed by atoms with E-state index in [1.54, 1.807) is 18.6 Å². The van der Waals surface area contributed by atoms with Crippen LogP contribution in [0.5, 0.6) is 0 Å². The number of hydrogen-bond acceptors (Lipinski definition) is 2. The third kappa shape index (κ3) is 1.94. The van der Waals surface area contributed by atoms with E-state index in [1.807, 2.05) is 30.3 Å². The molecule has 0 aliphatic carbocycles. The fourth-order valence-electron chi connectivity index (χ4n) is 1.80. The minimum absolute atomic E-state index is 0.0915. The highest BCUT2D eigenvalue weighted by molar-refractivity contribution is 5.96. The zero-order valence-corrected chi connectivity index (χ0v) is 9.44. The van der Waals surface area contributed by atoms with E-state index in [9.17, 15) is 9.59 Å². The fraction of sp³-hybridized carbons (Fsp3) is 0. The Morgan fingerprint density at radius 3 is 2.11 bits per heavy atom. The molecule has 2 aromatic rings. The van der Waals surface area contributed by atoms with Gasteiger partial charge in [0.15, 0.2) is 0 Å². The largest absolute Gasteiger partial charge is 0.285 e. The summed E-state index contributed by atoms with van der Waals surface area (Å²) in [6.45, 7) is 0. The van der Waals surface area contributed by atoms with E-state index in [4.69, 9.17) is 6.42 Å². The molecule has 0 atom stereocenters. The first-order valence-electron chi connectivity index (χ1n) is 5.27. The van der Waals surface area contributed by atoms with E-state index in [-0.39, 0.29) is 11.1 Å². The highest BCUT2D eigenvalue weighted by Gasteiger charge is 2.13. The maximum absolute atomic E-state index is 11.0. The third-order valence-electron chi connectivity index (χ3n) is 2.65. The van der Waals surface area contributed by atoms with Gasteiger partial charge in [-0.15, -0.1) is 6.42 Å². The Kier molecular flexibility index (Phi) is 3.36. The van der Waals surface area contributed by atoms with Crippen LogP contribution in [0.1, 0.15) is 16.7 Å². The van der Waals surface area contributed by atoms with Crippen molar-refractivity contribution in [1.29, 1.82) is 0 Å². The van der Waals surface area contributed by atoms with Crippen molar-refractivity contribution in [2.75, 3.05) is 0 Å². The van der Waals surface area contributed by atoms with Crippen molar-refractivity contribution in [2.45, 2.75) is 0 Å². The van der Waals surface area contributed by atoms with E-state index in [1.165, 1.54) is 6.07 Å². The van der Waals surface area contributed by atoms with Crippen molar-refractivity contribution >= 4 is 12.6 Å². The van der Waals surface area contributed by atoms with Gasteiger partial charge in [0, 0.05) is 11.1 Å². The molecule has 0 amide bonds. The van der Waals surface area contributed by atoms with Crippen LogP contribution in [0.2, 0.25) is 0 Å². The Labute approximate surface area is 105 Å². The van der Waals surface area contributed by atoms with Gasteiger partial charge in [-0.1, -0.05) is 42.3 Å². The van der Waals surface area contributed by atoms with Gasteiger partial charge in [-0.2, -0.15) is 0 Å². The molecule has 0 heterocycles. The minimum atomic E-state index is 0.0915. The molecule has 2 radical (unpaired) electrons. The van der Waals surface area contributed by atoms with Crippen molar-refractivity contribution in [3.63, 3.8) is 0 Å². The Morgan fingerprint density at radius 2 is 1.56 bits per heavy atom. The summed E-state index contributed by atoms with van der Waals surface area (Å²) in [4.78, 5) is 21.7. The summed E-state index contributed by atoms with van der Waals surface area (Å²) < 4.78 is 0. The molecule has 84 valence electrons. The van der Waals surface area contributed by atoms with Gasteiger partial charge in [0.05, 0.1) is 5.56 Å². The first-order valence-corrected chi connectivity index (χ1v) is 5.27. The van der Waals surface area contributed by atoms with Crippen molar-refractivity contribution in [2.24, 2.45) is 0 Å². The van der Waals surface area contributed by atoms with E-state index >= 15 is 0 Å². The SMILES string of the molecule is C#Cc1c(-c2ccccc2)ccc([C]=O)c1[C]=O. The quantitative estimate of drug-likeness (QED) is 0.760. The number of benzene rings is 2. The molecule has 2 rings (SSSR count). The Bertz CT molecular complexity index is 634. The van der Waals surface area contributed by atoms with E-state index in [2.05, 4.69) is 5.92 Å². The lowest BCUT2D eigenvalue weighted by molar-refractivity contribution is 0.558. The predicted octanol–water partition coefficient (Wildman–Crippen LogP) is 2.25. The maximum Gasteiger partial charge on any atom is 0.235 e. The van der Waals surface area contributed by atoms with Crippen LogP contribution >= 0.6 is 0 Å². The average molecular weight is 232 g/mol. The standard InChI is InChI=1S/C16H8O2/c1-2-14-15(12-6-4-3-5-7-12)9-8-13(10-17)16(14)11-18/h1,3-9H. The Balaban J connectivity index is 2.75. The van der Waals surface area contributed by atoms with Gasteiger partial charge >= 0.3 is 0 Å². The lowest BCUT2D eigenvalue weighted by atomic mass is 9.93. The smallest absolute Gasteiger partial charge is 0.235 e. The molecule has 2 heteroatoms. The maximum atomic E-state index is 11.0. The molecule has 0 aliphatic heterocycles. The van der Waals surface area contributed by atoms with Crippen LogP contribution in [0.4, 0.5) is 0 Å². The molecule has 0 spiro atoms. The van der Waals surface area contributed by atoms with Crippen LogP contribution in [0.3, 0.4) is 0 Å². The lowest BCUT2D eigenvalue weighted by Crippen LogP contribution is -1.98. The molecule has 0 bridgehead atoms. The highest BCUT2D eigenvalue weighted by Crippen LogP contribution is 2.26. The van der Waals surface area contributed by atoms with E-state index in [0.717, 1.165) is 11.1 Å². The van der Waals surface area contributed by atoms with Crippen molar-refractivity contribution < 1.29 is 9.59 Å². The molecule has 0 fully saturated rings. The zero-order valence-electron chi connectivity index (χ0n) is 9.44. The number of hydrogen-bond donors (Lipinski definition) is 0. The average Bonchev–Trinajstić information content (AvgIpc) is 2.46. The molecular formula is C16H8O2. The zero-order chi connectivity index (χ0) is 13.0. The fourth-order valence-corrected chi connectivity index (χ4v) is 1.80. The monoisotopic (exact) mass is 232 g/mol. The van der Waals surface area contributed by atoms with Gasteiger partial charge < -0.3 is 0 Å². The molecule has 2 nitrogen and oxygen atoms in total. The summed E-state index contributed by atoms with van der Waals surface area (Å²) in [5.41, 5.74) is 2.22. The van der Waals surface area contributed by atoms with Gasteiger partial charge in [0.25, 0.3) is 0 Å². The first kappa shape index (κ1) is 11.8. The third-order valence-corrected chi connectivity index (χ3v) is 2.65. The second-order valence-electron chi connectivity index (χ2n) is 3.63. The van der Waals surface area contributed by atoms with E-state index < -0.39 is 0 Å². The van der Waals surface area contributed by atoms with Crippen LogP contribution in [-0.4, -0.2) is 12.6 Å². The van der Waals surface area contributed by atoms with E-state index in [0.29, 0.717) is 5.56 Å². The summed E-state index contributed by atoms with van der Waals surface area (Å²) in [7, 11) is 0. The van der Waals surface area contributed by atoms with Crippen LogP contribution in [0.25, 0.3) is 11.1 Å². The molecule has 0 N–H and O–H groups in total. The summed E-state index contributed by atoms with van der Waals surface area (Å²) in [6, 6.07) is 12.6. The lowest BCUT2D eigenvalue weighted by Gasteiger charge is -2.08. The van der Waals surface area contributed by atoms with Crippen LogP contribution in [0, 0.1) is 12.3 Å². The number of carbonyl (C=O) groups excluding carboxylic acids is 2. The Hall–Kier alpha value is -2.66. The first-order chi connectivity index (χ1) is 8.81. The van der Waals surface area contributed by atoms with Gasteiger partial charge in [-0.25, -0.2) is 0 Å². The van der Waals surface area contributed by atoms with Gasteiger partial charge in [-0.3, -0.25) is 9.59 Å². The molecule has 0 aliphatic rings. The summed E-state index contributed by atoms with van der Waals surface area (Å²) >= 11 is 0. The van der Waals surface area contributed by atoms with Crippen LogP contribution < -0.4 is 0 Å². The second kappa shape index (κ2) is 5.11. The van der Waals surface area contributed by atoms with Gasteiger partial charge in [-0.05, 0) is 17.2 Å². The van der Waals surface area contributed by atoms with Crippen molar-refractivity contribution in [3.05, 3.63) is 59.2 Å². The highest BCUT2D eigenvalue weighted by atomic mass is 16.1. The van der Waals surface area contributed by atoms with Crippen molar-refractivity contribution in [3.8, 4) is 23.5 Å². The van der Waals surface area contributed by atoms with Crippen LogP contribution in [0.15, 0.2) is 42.5 Å². The normalized spacial score (nSPS) is 9.50. The van der Waals surface area contributed by atoms with Gasteiger partial charge in [0.2, 0.25) is 12.6 Å². The predicted molar refractivity (Wildman–Crippen MR) is 69.4 cm³/mol. The molecule has 0 unspecified atom stereocenters. The second-order valence-corrected chi connectivity index (χ2v) is 3.63. The van der Waals surface area contributed by atoms with Gasteiger partial charge in [0.1, 0.15) is 0 Å². The Morgan fingerprint density at radius 1 is 0.833 bits per heavy atom. The summed E-state index contributed by atoms with van der Waals surface area (Å²) in [6.07, 6.45) is 8.84. The minimum Gasteiger partial charge on any atom is -0.285 e. The summed E-state index contributed by atoms with van der Waals surface area (Å²) in [5, 5.41) is 0. The summed E-state index contributed by atoms with van der Waals surface area (Å²) in [5.74, 6) is 2.45. The van der Waals surface area contributed by atoms with Crippen molar-refractivity contribution in [1.82, 2.24) is 0 Å². The van der Waals surface area contributed by atoms with Crippen LogP contribution in [-0.2, 0) is 9.59 Å². The number of terminal acetylenes is 1. The molecule has 2 aromatic carbocycles. The molecule has 0 aromatic heterocycles. The molecular weight excluding hydrogens is 224 g/mol. The topological polar surface area (TPSA) is 34.1 Å². The molecule has 18 heavy (non-hydrogen) atoms. The number of rotatable bonds is 3. The molecule has 0 saturated heterocycles.